The number of phenols is 2. The van der Waals surface area contributed by atoms with E-state index in [0.717, 1.165) is 11.3 Å². The number of benzene rings is 2. The number of fused-ring (bicyclic) bond motifs is 1. The highest BCUT2D eigenvalue weighted by Gasteiger charge is 2.21. The van der Waals surface area contributed by atoms with Crippen molar-refractivity contribution in [3.8, 4) is 17.2 Å². The molecule has 5 heteroatoms. The average Bonchev–Trinajstić information content (AvgIpc) is 3.05. The number of aromatic hydroxyl groups is 2. The number of carbonyl (C=O) groups excluding carboxylic acids is 1. The first-order valence-corrected chi connectivity index (χ1v) is 8.25. The second kappa shape index (κ2) is 6.96. The van der Waals surface area contributed by atoms with Crippen LogP contribution in [0.5, 0.6) is 17.2 Å². The Morgan fingerprint density at radius 3 is 2.46 bits per heavy atom. The summed E-state index contributed by atoms with van der Waals surface area (Å²) in [6, 6.07) is 9.80. The van der Waals surface area contributed by atoms with E-state index in [1.54, 1.807) is 30.3 Å². The number of hydrogen-bond acceptors (Lipinski definition) is 5. The standard InChI is InChI=1S/C21H20O5/c1-12(2)17-10-15-18(26-17)11-19(25-3)20(21(15)24)16(23)9-6-13-4-7-14(22)8-5-13/h4-12,22,24H,1-3H3/b9-6+. The topological polar surface area (TPSA) is 79.9 Å². The highest BCUT2D eigenvalue weighted by Crippen LogP contribution is 2.39. The zero-order chi connectivity index (χ0) is 18.8. The van der Waals surface area contributed by atoms with Crippen molar-refractivity contribution in [2.75, 3.05) is 7.11 Å². The van der Waals surface area contributed by atoms with Crippen molar-refractivity contribution in [3.63, 3.8) is 0 Å². The average molecular weight is 352 g/mol. The third-order valence-electron chi connectivity index (χ3n) is 4.14. The molecule has 0 amide bonds. The maximum Gasteiger partial charge on any atom is 0.193 e. The predicted octanol–water partition coefficient (Wildman–Crippen LogP) is 4.87. The smallest absolute Gasteiger partial charge is 0.193 e. The lowest BCUT2D eigenvalue weighted by molar-refractivity contribution is 0.104. The Morgan fingerprint density at radius 1 is 1.15 bits per heavy atom. The molecule has 134 valence electrons. The Balaban J connectivity index is 2.03. The molecule has 0 radical (unpaired) electrons. The lowest BCUT2D eigenvalue weighted by Gasteiger charge is -2.08. The normalized spacial score (nSPS) is 11.5. The quantitative estimate of drug-likeness (QED) is 0.506. The van der Waals surface area contributed by atoms with Gasteiger partial charge in [-0.05, 0) is 29.8 Å². The summed E-state index contributed by atoms with van der Waals surface area (Å²) in [6.07, 6.45) is 2.97. The summed E-state index contributed by atoms with van der Waals surface area (Å²) in [7, 11) is 1.44. The number of furan rings is 1. The fourth-order valence-corrected chi connectivity index (χ4v) is 2.68. The molecule has 0 aliphatic rings. The number of rotatable bonds is 5. The maximum atomic E-state index is 12.7. The number of carbonyl (C=O) groups is 1. The van der Waals surface area contributed by atoms with Crippen LogP contribution in [0.3, 0.4) is 0 Å². The molecule has 1 heterocycles. The monoisotopic (exact) mass is 352 g/mol. The molecule has 0 fully saturated rings. The zero-order valence-electron chi connectivity index (χ0n) is 14.8. The molecule has 5 nitrogen and oxygen atoms in total. The lowest BCUT2D eigenvalue weighted by atomic mass is 10.0. The van der Waals surface area contributed by atoms with E-state index in [2.05, 4.69) is 0 Å². The first-order valence-electron chi connectivity index (χ1n) is 8.25. The molecule has 0 aliphatic heterocycles. The van der Waals surface area contributed by atoms with Crippen molar-refractivity contribution in [3.05, 3.63) is 59.4 Å². The van der Waals surface area contributed by atoms with E-state index in [-0.39, 0.29) is 34.5 Å². The van der Waals surface area contributed by atoms with Crippen LogP contribution in [0.1, 0.15) is 41.4 Å². The van der Waals surface area contributed by atoms with Crippen LogP contribution in [0.4, 0.5) is 0 Å². The van der Waals surface area contributed by atoms with Crippen molar-refractivity contribution >= 4 is 22.8 Å². The van der Waals surface area contributed by atoms with Crippen molar-refractivity contribution in [2.45, 2.75) is 19.8 Å². The van der Waals surface area contributed by atoms with E-state index < -0.39 is 0 Å². The lowest BCUT2D eigenvalue weighted by Crippen LogP contribution is -2.00. The summed E-state index contributed by atoms with van der Waals surface area (Å²) in [5, 5.41) is 20.4. The highest BCUT2D eigenvalue weighted by molar-refractivity contribution is 6.13. The fraction of sp³-hybridized carbons (Fsp3) is 0.190. The second-order valence-corrected chi connectivity index (χ2v) is 6.31. The Hall–Kier alpha value is -3.21. The van der Waals surface area contributed by atoms with Gasteiger partial charge in [0.25, 0.3) is 0 Å². The number of ketones is 1. The van der Waals surface area contributed by atoms with Gasteiger partial charge in [0.2, 0.25) is 0 Å². The summed E-state index contributed by atoms with van der Waals surface area (Å²) in [5.41, 5.74) is 1.31. The first kappa shape index (κ1) is 17.6. The molecule has 3 aromatic rings. The van der Waals surface area contributed by atoms with Gasteiger partial charge in [0.15, 0.2) is 5.78 Å². The molecule has 1 aromatic heterocycles. The largest absolute Gasteiger partial charge is 0.508 e. The molecule has 0 saturated heterocycles. The Labute approximate surface area is 151 Å². The van der Waals surface area contributed by atoms with E-state index >= 15 is 0 Å². The molecule has 2 N–H and O–H groups in total. The van der Waals surface area contributed by atoms with Gasteiger partial charge in [0.05, 0.1) is 12.5 Å². The third-order valence-corrected chi connectivity index (χ3v) is 4.14. The summed E-state index contributed by atoms with van der Waals surface area (Å²) >= 11 is 0. The predicted molar refractivity (Wildman–Crippen MR) is 100.0 cm³/mol. The Bertz CT molecular complexity index is 978. The highest BCUT2D eigenvalue weighted by atomic mass is 16.5. The summed E-state index contributed by atoms with van der Waals surface area (Å²) < 4.78 is 11.0. The third kappa shape index (κ3) is 3.28. The van der Waals surface area contributed by atoms with Crippen molar-refractivity contribution in [2.24, 2.45) is 0 Å². The van der Waals surface area contributed by atoms with Crippen LogP contribution >= 0.6 is 0 Å². The van der Waals surface area contributed by atoms with Crippen LogP contribution in [0, 0.1) is 0 Å². The van der Waals surface area contributed by atoms with Gasteiger partial charge in [-0.15, -0.1) is 0 Å². The Morgan fingerprint density at radius 2 is 1.85 bits per heavy atom. The van der Waals surface area contributed by atoms with E-state index in [1.807, 2.05) is 13.8 Å². The number of allylic oxidation sites excluding steroid dienone is 1. The number of methoxy groups -OCH3 is 1. The van der Waals surface area contributed by atoms with Gasteiger partial charge < -0.3 is 19.4 Å². The number of hydrogen-bond donors (Lipinski definition) is 2. The zero-order valence-corrected chi connectivity index (χ0v) is 14.8. The van der Waals surface area contributed by atoms with E-state index in [9.17, 15) is 15.0 Å². The molecule has 0 atom stereocenters. The molecular formula is C21H20O5. The summed E-state index contributed by atoms with van der Waals surface area (Å²) in [4.78, 5) is 12.7. The van der Waals surface area contributed by atoms with Gasteiger partial charge >= 0.3 is 0 Å². The minimum Gasteiger partial charge on any atom is -0.508 e. The second-order valence-electron chi connectivity index (χ2n) is 6.31. The molecule has 3 rings (SSSR count). The van der Waals surface area contributed by atoms with Gasteiger partial charge in [-0.25, -0.2) is 0 Å². The van der Waals surface area contributed by atoms with Gasteiger partial charge in [-0.3, -0.25) is 4.79 Å². The number of ether oxygens (including phenoxy) is 1. The molecular weight excluding hydrogens is 332 g/mol. The van der Waals surface area contributed by atoms with Crippen LogP contribution in [0.25, 0.3) is 17.0 Å². The molecule has 0 bridgehead atoms. The SMILES string of the molecule is COc1cc2oc(C(C)C)cc2c(O)c1C(=O)/C=C/c1ccc(O)cc1. The van der Waals surface area contributed by atoms with Gasteiger partial charge in [0.1, 0.15) is 34.2 Å². The fourth-order valence-electron chi connectivity index (χ4n) is 2.68. The van der Waals surface area contributed by atoms with Crippen LogP contribution < -0.4 is 4.74 Å². The number of phenolic OH excluding ortho intramolecular Hbond substituents is 2. The van der Waals surface area contributed by atoms with E-state index in [1.165, 1.54) is 25.3 Å². The van der Waals surface area contributed by atoms with Crippen LogP contribution in [0.15, 0.2) is 46.9 Å². The van der Waals surface area contributed by atoms with E-state index in [0.29, 0.717) is 11.0 Å². The molecule has 0 spiro atoms. The molecule has 0 aliphatic carbocycles. The van der Waals surface area contributed by atoms with Crippen LogP contribution in [0.2, 0.25) is 0 Å². The minimum atomic E-state index is -0.387. The molecule has 26 heavy (non-hydrogen) atoms. The molecule has 2 aromatic carbocycles. The summed E-state index contributed by atoms with van der Waals surface area (Å²) in [5.74, 6) is 0.735. The van der Waals surface area contributed by atoms with Crippen LogP contribution in [-0.4, -0.2) is 23.1 Å². The van der Waals surface area contributed by atoms with Gasteiger partial charge in [-0.1, -0.05) is 32.1 Å². The van der Waals surface area contributed by atoms with E-state index in [4.69, 9.17) is 9.15 Å². The van der Waals surface area contributed by atoms with Gasteiger partial charge in [-0.2, -0.15) is 0 Å². The van der Waals surface area contributed by atoms with Crippen molar-refractivity contribution in [1.82, 2.24) is 0 Å². The van der Waals surface area contributed by atoms with Crippen LogP contribution in [-0.2, 0) is 0 Å². The maximum absolute atomic E-state index is 12.7. The van der Waals surface area contributed by atoms with Crippen molar-refractivity contribution < 1.29 is 24.2 Å². The summed E-state index contributed by atoms with van der Waals surface area (Å²) in [6.45, 7) is 3.97. The molecule has 0 unspecified atom stereocenters. The minimum absolute atomic E-state index is 0.0890. The molecule has 0 saturated carbocycles. The van der Waals surface area contributed by atoms with Crippen molar-refractivity contribution in [1.29, 1.82) is 0 Å². The Kier molecular flexibility index (Phi) is 4.71. The van der Waals surface area contributed by atoms with Gasteiger partial charge in [0, 0.05) is 12.0 Å². The first-order chi connectivity index (χ1) is 12.4.